The van der Waals surface area contributed by atoms with Crippen LogP contribution in [0, 0.1) is 0 Å². The van der Waals surface area contributed by atoms with E-state index in [-0.39, 0.29) is 43.9 Å². The van der Waals surface area contributed by atoms with Crippen molar-refractivity contribution in [3.63, 3.8) is 0 Å². The van der Waals surface area contributed by atoms with Gasteiger partial charge in [0.15, 0.2) is 5.96 Å². The summed E-state index contributed by atoms with van der Waals surface area (Å²) in [4.78, 5) is 76.7. The third-order valence-electron chi connectivity index (χ3n) is 5.89. The number of benzene rings is 1. The Kier molecular flexibility index (Phi) is 14.8. The van der Waals surface area contributed by atoms with Crippen molar-refractivity contribution < 1.29 is 44.1 Å². The molecule has 0 saturated heterocycles. The normalized spacial score (nSPS) is 13.5. The topological polar surface area (TPSA) is 316 Å². The maximum atomic E-state index is 13.3. The molecule has 232 valence electrons. The molecular formula is C25H38N8O9. The number of amides is 4. The number of aromatic hydroxyl groups is 1. The fraction of sp³-hybridized carbons (Fsp3) is 0.480. The number of nitrogens with one attached hydrogen (secondary N) is 3. The molecule has 0 radical (unpaired) electrons. The zero-order valence-electron chi connectivity index (χ0n) is 22.8. The van der Waals surface area contributed by atoms with Crippen LogP contribution in [0.5, 0.6) is 5.75 Å². The summed E-state index contributed by atoms with van der Waals surface area (Å²) in [6.07, 6.45) is -1.25. The number of hydrogen-bond acceptors (Lipinski definition) is 9. The lowest BCUT2D eigenvalue weighted by atomic mass is 10.0. The third kappa shape index (κ3) is 13.9. The monoisotopic (exact) mass is 594 g/mol. The van der Waals surface area contributed by atoms with Gasteiger partial charge in [-0.2, -0.15) is 0 Å². The Morgan fingerprint density at radius 1 is 0.762 bits per heavy atom. The number of phenols is 1. The van der Waals surface area contributed by atoms with E-state index in [1.54, 1.807) is 0 Å². The molecule has 17 heteroatoms. The molecule has 1 aromatic rings. The number of carboxylic acid groups (broad SMARTS) is 2. The van der Waals surface area contributed by atoms with Crippen LogP contribution in [0.3, 0.4) is 0 Å². The van der Waals surface area contributed by atoms with Crippen molar-refractivity contribution in [1.82, 2.24) is 16.0 Å². The first-order valence-corrected chi connectivity index (χ1v) is 12.9. The summed E-state index contributed by atoms with van der Waals surface area (Å²) in [7, 11) is 0. The van der Waals surface area contributed by atoms with E-state index in [1.165, 1.54) is 24.3 Å². The summed E-state index contributed by atoms with van der Waals surface area (Å²) in [6.45, 7) is 0.220. The van der Waals surface area contributed by atoms with Crippen molar-refractivity contribution in [2.45, 2.75) is 69.1 Å². The van der Waals surface area contributed by atoms with E-state index in [4.69, 9.17) is 28.0 Å². The van der Waals surface area contributed by atoms with E-state index in [1.807, 2.05) is 0 Å². The van der Waals surface area contributed by atoms with E-state index in [9.17, 15) is 39.0 Å². The summed E-state index contributed by atoms with van der Waals surface area (Å²) in [5, 5.41) is 35.1. The number of aliphatic carboxylic acids is 2. The first-order valence-electron chi connectivity index (χ1n) is 12.9. The molecular weight excluding hydrogens is 556 g/mol. The van der Waals surface area contributed by atoms with Gasteiger partial charge in [-0.15, -0.1) is 0 Å². The Labute approximate surface area is 241 Å². The third-order valence-corrected chi connectivity index (χ3v) is 5.89. The minimum absolute atomic E-state index is 0.0405. The van der Waals surface area contributed by atoms with Crippen molar-refractivity contribution in [2.75, 3.05) is 6.54 Å². The van der Waals surface area contributed by atoms with Crippen LogP contribution < -0.4 is 38.9 Å². The number of carboxylic acids is 2. The number of carbonyl (C=O) groups excluding carboxylic acids is 4. The fourth-order valence-electron chi connectivity index (χ4n) is 3.63. The van der Waals surface area contributed by atoms with Crippen molar-refractivity contribution >= 4 is 41.5 Å². The van der Waals surface area contributed by atoms with E-state index in [0.29, 0.717) is 12.0 Å². The first kappa shape index (κ1) is 35.1. The van der Waals surface area contributed by atoms with Crippen LogP contribution in [0.4, 0.5) is 0 Å². The lowest BCUT2D eigenvalue weighted by Crippen LogP contribution is -2.57. The molecule has 4 atom stereocenters. The molecule has 0 aliphatic heterocycles. The maximum Gasteiger partial charge on any atom is 0.326 e. The summed E-state index contributed by atoms with van der Waals surface area (Å²) in [5.41, 5.74) is 22.0. The smallest absolute Gasteiger partial charge is 0.326 e. The second kappa shape index (κ2) is 17.7. The highest BCUT2D eigenvalue weighted by Gasteiger charge is 2.31. The lowest BCUT2D eigenvalue weighted by molar-refractivity contribution is -0.143. The zero-order chi connectivity index (χ0) is 31.8. The van der Waals surface area contributed by atoms with Gasteiger partial charge in [-0.05, 0) is 43.4 Å². The number of carbonyl (C=O) groups is 6. The van der Waals surface area contributed by atoms with E-state index >= 15 is 0 Å². The molecule has 4 amide bonds. The number of hydrogen-bond donors (Lipinski definition) is 10. The molecule has 0 aliphatic carbocycles. The van der Waals surface area contributed by atoms with Crippen LogP contribution in [0.2, 0.25) is 0 Å². The molecule has 0 bridgehead atoms. The minimum atomic E-state index is -1.54. The summed E-state index contributed by atoms with van der Waals surface area (Å²) in [6, 6.07) is 0.308. The van der Waals surface area contributed by atoms with Gasteiger partial charge >= 0.3 is 11.9 Å². The van der Waals surface area contributed by atoms with E-state index < -0.39 is 72.6 Å². The van der Waals surface area contributed by atoms with Crippen LogP contribution in [-0.2, 0) is 35.2 Å². The molecule has 0 heterocycles. The van der Waals surface area contributed by atoms with Gasteiger partial charge in [-0.1, -0.05) is 12.1 Å². The van der Waals surface area contributed by atoms with Crippen LogP contribution in [-0.4, -0.2) is 87.6 Å². The van der Waals surface area contributed by atoms with Gasteiger partial charge < -0.3 is 54.2 Å². The Hall–Kier alpha value is -4.93. The Balaban J connectivity index is 3.13. The Morgan fingerprint density at radius 2 is 1.31 bits per heavy atom. The number of phenolic OH excluding ortho intramolecular Hbond substituents is 1. The molecule has 0 aliphatic rings. The second-order valence-corrected chi connectivity index (χ2v) is 9.39. The number of nitrogens with zero attached hydrogens (tertiary/aromatic N) is 1. The highest BCUT2D eigenvalue weighted by molar-refractivity contribution is 5.94. The predicted octanol–water partition coefficient (Wildman–Crippen LogP) is -3.02. The molecule has 14 N–H and O–H groups in total. The van der Waals surface area contributed by atoms with Crippen molar-refractivity contribution in [3.8, 4) is 5.75 Å². The van der Waals surface area contributed by atoms with Gasteiger partial charge in [0, 0.05) is 25.8 Å². The number of primary amides is 1. The quantitative estimate of drug-likeness (QED) is 0.0435. The number of rotatable bonds is 19. The molecule has 0 saturated carbocycles. The molecule has 4 unspecified atom stereocenters. The average Bonchev–Trinajstić information content (AvgIpc) is 2.91. The standard InChI is InChI=1S/C25H38N8O9/c26-15(2-1-11-30-25(28)29)21(38)33-18(12-13-3-5-14(34)6-4-13)23(40)31-16(8-10-20(36)37)22(39)32-17(24(41)42)7-9-19(27)35/h3-6,15-18,34H,1-2,7-12,26H2,(H2,27,35)(H,31,40)(H,32,39)(H,33,38)(H,36,37)(H,41,42)(H4,28,29,30). The highest BCUT2D eigenvalue weighted by atomic mass is 16.4. The van der Waals surface area contributed by atoms with Crippen molar-refractivity contribution in [1.29, 1.82) is 0 Å². The molecule has 0 aromatic heterocycles. The summed E-state index contributed by atoms with van der Waals surface area (Å²) < 4.78 is 0. The van der Waals surface area contributed by atoms with Gasteiger partial charge in [0.05, 0.1) is 6.04 Å². The SMILES string of the molecule is NC(=O)CCC(NC(=O)C(CCC(=O)O)NC(=O)C(Cc1ccc(O)cc1)NC(=O)C(N)CCCN=C(N)N)C(=O)O. The Bertz CT molecular complexity index is 1140. The first-order chi connectivity index (χ1) is 19.7. The van der Waals surface area contributed by atoms with Crippen LogP contribution >= 0.6 is 0 Å². The van der Waals surface area contributed by atoms with Gasteiger partial charge in [0.1, 0.15) is 23.9 Å². The number of aliphatic imine (C=N–C) groups is 1. The van der Waals surface area contributed by atoms with Crippen LogP contribution in [0.1, 0.15) is 44.1 Å². The maximum absolute atomic E-state index is 13.3. The predicted molar refractivity (Wildman–Crippen MR) is 148 cm³/mol. The van der Waals surface area contributed by atoms with Gasteiger partial charge in [0.25, 0.3) is 0 Å². The van der Waals surface area contributed by atoms with Crippen molar-refractivity contribution in [3.05, 3.63) is 29.8 Å². The molecule has 17 nitrogen and oxygen atoms in total. The fourth-order valence-corrected chi connectivity index (χ4v) is 3.63. The molecule has 1 aromatic carbocycles. The molecule has 1 rings (SSSR count). The van der Waals surface area contributed by atoms with E-state index in [0.717, 1.165) is 0 Å². The zero-order valence-corrected chi connectivity index (χ0v) is 22.8. The number of guanidine groups is 1. The van der Waals surface area contributed by atoms with Crippen LogP contribution in [0.25, 0.3) is 0 Å². The van der Waals surface area contributed by atoms with Gasteiger partial charge in [0.2, 0.25) is 23.6 Å². The second-order valence-electron chi connectivity index (χ2n) is 9.39. The average molecular weight is 595 g/mol. The number of nitrogens with two attached hydrogens (primary N) is 4. The lowest BCUT2D eigenvalue weighted by Gasteiger charge is -2.25. The van der Waals surface area contributed by atoms with Crippen LogP contribution in [0.15, 0.2) is 29.3 Å². The Morgan fingerprint density at radius 3 is 1.86 bits per heavy atom. The molecule has 42 heavy (non-hydrogen) atoms. The minimum Gasteiger partial charge on any atom is -0.508 e. The molecule has 0 spiro atoms. The molecule has 0 fully saturated rings. The highest BCUT2D eigenvalue weighted by Crippen LogP contribution is 2.12. The summed E-state index contributed by atoms with van der Waals surface area (Å²) >= 11 is 0. The van der Waals surface area contributed by atoms with Crippen molar-refractivity contribution in [2.24, 2.45) is 27.9 Å². The van der Waals surface area contributed by atoms with E-state index in [2.05, 4.69) is 20.9 Å². The largest absolute Gasteiger partial charge is 0.508 e. The van der Waals surface area contributed by atoms with Gasteiger partial charge in [-0.25, -0.2) is 4.79 Å². The summed E-state index contributed by atoms with van der Waals surface area (Å²) in [5.74, 6) is -6.34. The van der Waals surface area contributed by atoms with Gasteiger partial charge in [-0.3, -0.25) is 29.0 Å².